The van der Waals surface area contributed by atoms with Crippen molar-refractivity contribution in [2.45, 2.75) is 45.6 Å². The van der Waals surface area contributed by atoms with Gasteiger partial charge in [0.2, 0.25) is 0 Å². The van der Waals surface area contributed by atoms with Crippen LogP contribution in [0.1, 0.15) is 39.5 Å². The molecule has 1 rings (SSSR count). The van der Waals surface area contributed by atoms with Crippen molar-refractivity contribution in [1.82, 2.24) is 0 Å². The van der Waals surface area contributed by atoms with Crippen LogP contribution >= 0.6 is 0 Å². The van der Waals surface area contributed by atoms with Gasteiger partial charge in [0.25, 0.3) is 0 Å². The van der Waals surface area contributed by atoms with E-state index >= 15 is 0 Å². The first kappa shape index (κ1) is 8.79. The zero-order valence-electron chi connectivity index (χ0n) is 7.51. The number of allylic oxidation sites excluding steroid dienone is 1. The van der Waals surface area contributed by atoms with E-state index in [4.69, 9.17) is 0 Å². The third-order valence-electron chi connectivity index (χ3n) is 2.63. The van der Waals surface area contributed by atoms with Crippen molar-refractivity contribution in [3.8, 4) is 0 Å². The van der Waals surface area contributed by atoms with Gasteiger partial charge in [-0.1, -0.05) is 18.6 Å². The molecule has 0 bridgehead atoms. The lowest BCUT2D eigenvalue weighted by atomic mass is 9.88. The standard InChI is InChI=1S/C10H18O/c1-8(9(2)11)10-6-4-3-5-7-10/h6,8-9,11H,3-5,7H2,1-2H3/t8-,9-/m1/s1. The van der Waals surface area contributed by atoms with Gasteiger partial charge in [-0.25, -0.2) is 0 Å². The molecule has 0 heterocycles. The summed E-state index contributed by atoms with van der Waals surface area (Å²) in [7, 11) is 0. The lowest BCUT2D eigenvalue weighted by Crippen LogP contribution is -2.16. The topological polar surface area (TPSA) is 20.2 Å². The van der Waals surface area contributed by atoms with Gasteiger partial charge in [0.15, 0.2) is 0 Å². The minimum atomic E-state index is -0.181. The van der Waals surface area contributed by atoms with Crippen molar-refractivity contribution >= 4 is 0 Å². The molecule has 0 saturated heterocycles. The van der Waals surface area contributed by atoms with Crippen molar-refractivity contribution in [3.63, 3.8) is 0 Å². The SMILES string of the molecule is C[C@@H](O)[C@@H](C)C1=CCCCC1. The molecule has 0 spiro atoms. The first-order valence-corrected chi connectivity index (χ1v) is 4.59. The summed E-state index contributed by atoms with van der Waals surface area (Å²) in [6, 6.07) is 0. The monoisotopic (exact) mass is 154 g/mol. The smallest absolute Gasteiger partial charge is 0.0574 e. The van der Waals surface area contributed by atoms with Crippen molar-refractivity contribution in [1.29, 1.82) is 0 Å². The lowest BCUT2D eigenvalue weighted by Gasteiger charge is -2.21. The van der Waals surface area contributed by atoms with E-state index < -0.39 is 0 Å². The van der Waals surface area contributed by atoms with E-state index in [1.807, 2.05) is 6.92 Å². The fourth-order valence-corrected chi connectivity index (χ4v) is 1.59. The zero-order chi connectivity index (χ0) is 8.27. The molecule has 0 aromatic carbocycles. The molecule has 0 aliphatic heterocycles. The summed E-state index contributed by atoms with van der Waals surface area (Å²) < 4.78 is 0. The quantitative estimate of drug-likeness (QED) is 0.606. The highest BCUT2D eigenvalue weighted by atomic mass is 16.3. The Bertz CT molecular complexity index is 147. The zero-order valence-corrected chi connectivity index (χ0v) is 7.51. The number of hydrogen-bond acceptors (Lipinski definition) is 1. The molecule has 0 saturated carbocycles. The number of aliphatic hydroxyl groups is 1. The second kappa shape index (κ2) is 3.91. The van der Waals surface area contributed by atoms with E-state index in [1.54, 1.807) is 0 Å². The second-order valence-corrected chi connectivity index (χ2v) is 3.55. The van der Waals surface area contributed by atoms with E-state index in [-0.39, 0.29) is 6.10 Å². The molecule has 11 heavy (non-hydrogen) atoms. The van der Waals surface area contributed by atoms with Crippen molar-refractivity contribution in [3.05, 3.63) is 11.6 Å². The predicted molar refractivity (Wildman–Crippen MR) is 47.4 cm³/mol. The Labute approximate surface area is 69.1 Å². The molecular formula is C10H18O. The van der Waals surface area contributed by atoms with Crippen LogP contribution < -0.4 is 0 Å². The van der Waals surface area contributed by atoms with Gasteiger partial charge < -0.3 is 5.11 Å². The molecule has 1 aliphatic rings. The van der Waals surface area contributed by atoms with Gasteiger partial charge in [-0.2, -0.15) is 0 Å². The highest BCUT2D eigenvalue weighted by molar-refractivity contribution is 5.09. The van der Waals surface area contributed by atoms with Crippen LogP contribution in [0.5, 0.6) is 0 Å². The summed E-state index contributed by atoms with van der Waals surface area (Å²) in [4.78, 5) is 0. The van der Waals surface area contributed by atoms with Crippen LogP contribution in [0, 0.1) is 5.92 Å². The largest absolute Gasteiger partial charge is 0.393 e. The van der Waals surface area contributed by atoms with Gasteiger partial charge >= 0.3 is 0 Å². The molecule has 0 radical (unpaired) electrons. The van der Waals surface area contributed by atoms with Gasteiger partial charge in [0.05, 0.1) is 6.10 Å². The maximum atomic E-state index is 9.33. The fraction of sp³-hybridized carbons (Fsp3) is 0.800. The summed E-state index contributed by atoms with van der Waals surface area (Å²) >= 11 is 0. The third kappa shape index (κ3) is 2.33. The van der Waals surface area contributed by atoms with Gasteiger partial charge in [-0.05, 0) is 32.6 Å². The molecule has 0 aromatic rings. The van der Waals surface area contributed by atoms with E-state index in [1.165, 1.54) is 31.3 Å². The Kier molecular flexibility index (Phi) is 3.13. The molecule has 1 N–H and O–H groups in total. The van der Waals surface area contributed by atoms with Crippen molar-refractivity contribution in [2.75, 3.05) is 0 Å². The Morgan fingerprint density at radius 3 is 2.55 bits per heavy atom. The van der Waals surface area contributed by atoms with E-state index in [2.05, 4.69) is 13.0 Å². The van der Waals surface area contributed by atoms with Crippen LogP contribution in [-0.4, -0.2) is 11.2 Å². The minimum Gasteiger partial charge on any atom is -0.393 e. The summed E-state index contributed by atoms with van der Waals surface area (Å²) in [5.74, 6) is 0.371. The number of aliphatic hydroxyl groups excluding tert-OH is 1. The van der Waals surface area contributed by atoms with Gasteiger partial charge in [0, 0.05) is 5.92 Å². The van der Waals surface area contributed by atoms with Gasteiger partial charge in [-0.3, -0.25) is 0 Å². The molecule has 0 aromatic heterocycles. The van der Waals surface area contributed by atoms with Crippen molar-refractivity contribution in [2.24, 2.45) is 5.92 Å². The van der Waals surface area contributed by atoms with E-state index in [0.29, 0.717) is 5.92 Å². The molecule has 1 heteroatoms. The summed E-state index contributed by atoms with van der Waals surface area (Å²) in [5.41, 5.74) is 1.46. The first-order chi connectivity index (χ1) is 5.22. The molecule has 0 unspecified atom stereocenters. The van der Waals surface area contributed by atoms with E-state index in [0.717, 1.165) is 0 Å². The first-order valence-electron chi connectivity index (χ1n) is 4.59. The van der Waals surface area contributed by atoms with Crippen LogP contribution in [0.25, 0.3) is 0 Å². The second-order valence-electron chi connectivity index (χ2n) is 3.55. The van der Waals surface area contributed by atoms with Gasteiger partial charge in [-0.15, -0.1) is 0 Å². The fourth-order valence-electron chi connectivity index (χ4n) is 1.59. The van der Waals surface area contributed by atoms with Crippen LogP contribution in [0.2, 0.25) is 0 Å². The third-order valence-corrected chi connectivity index (χ3v) is 2.63. The average Bonchev–Trinajstić information content (AvgIpc) is 2.05. The Balaban J connectivity index is 2.51. The lowest BCUT2D eigenvalue weighted by molar-refractivity contribution is 0.149. The summed E-state index contributed by atoms with van der Waals surface area (Å²) in [5, 5.41) is 9.33. The Hall–Kier alpha value is -0.300. The highest BCUT2D eigenvalue weighted by Crippen LogP contribution is 2.25. The molecule has 1 nitrogen and oxygen atoms in total. The Morgan fingerprint density at radius 2 is 2.09 bits per heavy atom. The number of hydrogen-bond donors (Lipinski definition) is 1. The molecular weight excluding hydrogens is 136 g/mol. The van der Waals surface area contributed by atoms with Crippen LogP contribution in [-0.2, 0) is 0 Å². The van der Waals surface area contributed by atoms with E-state index in [9.17, 15) is 5.11 Å². The van der Waals surface area contributed by atoms with Crippen molar-refractivity contribution < 1.29 is 5.11 Å². The minimum absolute atomic E-state index is 0.181. The molecule has 0 amide bonds. The Morgan fingerprint density at radius 1 is 1.36 bits per heavy atom. The molecule has 64 valence electrons. The van der Waals surface area contributed by atoms with Crippen LogP contribution in [0.15, 0.2) is 11.6 Å². The molecule has 0 fully saturated rings. The highest BCUT2D eigenvalue weighted by Gasteiger charge is 2.15. The molecule has 1 aliphatic carbocycles. The molecule has 2 atom stereocenters. The van der Waals surface area contributed by atoms with Gasteiger partial charge in [0.1, 0.15) is 0 Å². The van der Waals surface area contributed by atoms with Crippen LogP contribution in [0.4, 0.5) is 0 Å². The van der Waals surface area contributed by atoms with Crippen LogP contribution in [0.3, 0.4) is 0 Å². The summed E-state index contributed by atoms with van der Waals surface area (Å²) in [6.45, 7) is 3.99. The summed E-state index contributed by atoms with van der Waals surface area (Å²) in [6.07, 6.45) is 7.18. The average molecular weight is 154 g/mol. The maximum Gasteiger partial charge on any atom is 0.0574 e. The maximum absolute atomic E-state index is 9.33. The number of rotatable bonds is 2. The predicted octanol–water partition coefficient (Wildman–Crippen LogP) is 2.50. The normalized spacial score (nSPS) is 24.1.